The lowest BCUT2D eigenvalue weighted by atomic mass is 9.96. The number of nitrogens with zero attached hydrogens (tertiary/aromatic N) is 4. The Morgan fingerprint density at radius 2 is 1.97 bits per heavy atom. The van der Waals surface area contributed by atoms with Crippen LogP contribution in [0.1, 0.15) is 55.3 Å². The van der Waals surface area contributed by atoms with Gasteiger partial charge in [-0.2, -0.15) is 0 Å². The third kappa shape index (κ3) is 4.35. The lowest BCUT2D eigenvalue weighted by Gasteiger charge is -2.34. The van der Waals surface area contributed by atoms with Gasteiger partial charge < -0.3 is 14.4 Å². The van der Waals surface area contributed by atoms with E-state index >= 15 is 0 Å². The molecule has 0 saturated carbocycles. The largest absolute Gasteiger partial charge is 0.379 e. The molecule has 2 aliphatic heterocycles. The highest BCUT2D eigenvalue weighted by atomic mass is 32.1. The first kappa shape index (κ1) is 20.6. The Morgan fingerprint density at radius 1 is 1.10 bits per heavy atom. The van der Waals surface area contributed by atoms with Crippen LogP contribution in [-0.2, 0) is 28.9 Å². The van der Waals surface area contributed by atoms with Gasteiger partial charge in [0.1, 0.15) is 16.5 Å². The van der Waals surface area contributed by atoms with Gasteiger partial charge in [0.05, 0.1) is 31.2 Å². The quantitative estimate of drug-likeness (QED) is 0.695. The van der Waals surface area contributed by atoms with Crippen molar-refractivity contribution in [3.8, 4) is 0 Å². The zero-order valence-corrected chi connectivity index (χ0v) is 19.0. The Kier molecular flexibility index (Phi) is 6.51. The molecule has 0 bridgehead atoms. The van der Waals surface area contributed by atoms with Crippen LogP contribution < -0.4 is 4.90 Å². The Morgan fingerprint density at radius 3 is 2.83 bits per heavy atom. The average Bonchev–Trinajstić information content (AvgIpc) is 3.16. The number of aromatic nitrogens is 2. The summed E-state index contributed by atoms with van der Waals surface area (Å²) in [6.45, 7) is 9.43. The van der Waals surface area contributed by atoms with Gasteiger partial charge >= 0.3 is 0 Å². The van der Waals surface area contributed by atoms with Crippen LogP contribution in [-0.4, -0.2) is 67.0 Å². The molecular formula is C23H34N4O2S. The molecule has 1 unspecified atom stereocenters. The first-order valence-corrected chi connectivity index (χ1v) is 12.6. The fraction of sp³-hybridized carbons (Fsp3) is 0.739. The molecule has 1 aliphatic carbocycles. The van der Waals surface area contributed by atoms with Crippen molar-refractivity contribution in [2.75, 3.05) is 50.9 Å². The van der Waals surface area contributed by atoms with E-state index in [4.69, 9.17) is 19.4 Å². The van der Waals surface area contributed by atoms with Crippen LogP contribution in [0.15, 0.2) is 0 Å². The normalized spacial score (nSPS) is 23.1. The van der Waals surface area contributed by atoms with E-state index < -0.39 is 0 Å². The second-order valence-corrected chi connectivity index (χ2v) is 9.91. The molecule has 7 heteroatoms. The molecule has 30 heavy (non-hydrogen) atoms. The van der Waals surface area contributed by atoms with Crippen molar-refractivity contribution in [1.82, 2.24) is 14.9 Å². The maximum atomic E-state index is 6.14. The number of hydrogen-bond donors (Lipinski definition) is 0. The van der Waals surface area contributed by atoms with Gasteiger partial charge in [-0.25, -0.2) is 9.97 Å². The van der Waals surface area contributed by atoms with Crippen molar-refractivity contribution >= 4 is 27.4 Å². The first-order valence-electron chi connectivity index (χ1n) is 11.8. The van der Waals surface area contributed by atoms with Gasteiger partial charge in [0.25, 0.3) is 0 Å². The number of rotatable bonds is 6. The number of piperidine rings is 1. The summed E-state index contributed by atoms with van der Waals surface area (Å²) in [5, 5.41) is 1.34. The molecule has 3 aliphatic rings. The number of anilines is 1. The number of aryl methyl sites for hydroxylation is 2. The molecule has 0 spiro atoms. The van der Waals surface area contributed by atoms with Gasteiger partial charge in [-0.05, 0) is 50.5 Å². The molecule has 0 amide bonds. The summed E-state index contributed by atoms with van der Waals surface area (Å²) in [6, 6.07) is 0. The number of hydrogen-bond acceptors (Lipinski definition) is 7. The molecule has 6 nitrogen and oxygen atoms in total. The van der Waals surface area contributed by atoms with Crippen molar-refractivity contribution in [3.63, 3.8) is 0 Å². The molecule has 164 valence electrons. The van der Waals surface area contributed by atoms with E-state index in [9.17, 15) is 0 Å². The van der Waals surface area contributed by atoms with E-state index in [-0.39, 0.29) is 0 Å². The SMILES string of the molecule is CCCOC1CCCN(c2nc(CN3CCOCC3)nc3sc4c(c23)CCCC4)C1. The number of fused-ring (bicyclic) bond motifs is 3. The topological polar surface area (TPSA) is 50.7 Å². The highest BCUT2D eigenvalue weighted by molar-refractivity contribution is 7.19. The predicted molar refractivity (Wildman–Crippen MR) is 122 cm³/mol. The van der Waals surface area contributed by atoms with Crippen LogP contribution >= 0.6 is 11.3 Å². The van der Waals surface area contributed by atoms with Crippen LogP contribution in [0.5, 0.6) is 0 Å². The minimum Gasteiger partial charge on any atom is -0.379 e. The Bertz CT molecular complexity index is 864. The lowest BCUT2D eigenvalue weighted by molar-refractivity contribution is 0.0330. The van der Waals surface area contributed by atoms with Gasteiger partial charge in [-0.3, -0.25) is 4.90 Å². The third-order valence-electron chi connectivity index (χ3n) is 6.55. The van der Waals surface area contributed by atoms with Crippen molar-refractivity contribution in [2.45, 2.75) is 64.5 Å². The summed E-state index contributed by atoms with van der Waals surface area (Å²) in [5.74, 6) is 2.14. The fourth-order valence-electron chi connectivity index (χ4n) is 4.99. The maximum Gasteiger partial charge on any atom is 0.146 e. The standard InChI is InChI=1S/C23H34N4O2S/c1-2-12-29-17-6-5-9-27(15-17)22-21-18-7-3-4-8-19(18)30-23(21)25-20(24-22)16-26-10-13-28-14-11-26/h17H,2-16H2,1H3. The second-order valence-electron chi connectivity index (χ2n) is 8.82. The lowest BCUT2D eigenvalue weighted by Crippen LogP contribution is -2.41. The fourth-order valence-corrected chi connectivity index (χ4v) is 6.27. The molecule has 0 aromatic carbocycles. The van der Waals surface area contributed by atoms with Gasteiger partial charge in [0.2, 0.25) is 0 Å². The molecule has 2 aromatic rings. The summed E-state index contributed by atoms with van der Waals surface area (Å²) in [5.41, 5.74) is 1.53. The van der Waals surface area contributed by atoms with Crippen LogP contribution in [0, 0.1) is 0 Å². The van der Waals surface area contributed by atoms with E-state index in [1.165, 1.54) is 53.7 Å². The van der Waals surface area contributed by atoms with Crippen LogP contribution in [0.3, 0.4) is 0 Å². The summed E-state index contributed by atoms with van der Waals surface area (Å²) in [4.78, 5) is 17.9. The minimum absolute atomic E-state index is 0.320. The van der Waals surface area contributed by atoms with E-state index in [2.05, 4.69) is 16.7 Å². The van der Waals surface area contributed by atoms with Gasteiger partial charge in [-0.1, -0.05) is 6.92 Å². The third-order valence-corrected chi connectivity index (χ3v) is 7.73. The van der Waals surface area contributed by atoms with E-state index in [0.717, 1.165) is 71.2 Å². The average molecular weight is 431 g/mol. The van der Waals surface area contributed by atoms with Crippen molar-refractivity contribution < 1.29 is 9.47 Å². The van der Waals surface area contributed by atoms with Crippen molar-refractivity contribution in [3.05, 3.63) is 16.3 Å². The Balaban J connectivity index is 1.49. The first-order chi connectivity index (χ1) is 14.8. The maximum absolute atomic E-state index is 6.14. The van der Waals surface area contributed by atoms with E-state index in [0.29, 0.717) is 6.10 Å². The molecule has 0 radical (unpaired) electrons. The monoisotopic (exact) mass is 430 g/mol. The van der Waals surface area contributed by atoms with Crippen molar-refractivity contribution in [1.29, 1.82) is 0 Å². The Hall–Kier alpha value is -1.28. The predicted octanol–water partition coefficient (Wildman–Crippen LogP) is 3.80. The minimum atomic E-state index is 0.320. The summed E-state index contributed by atoms with van der Waals surface area (Å²) >= 11 is 1.92. The number of thiophene rings is 1. The number of ether oxygens (including phenoxy) is 2. The van der Waals surface area contributed by atoms with Crippen LogP contribution in [0.4, 0.5) is 5.82 Å². The molecule has 2 saturated heterocycles. The molecule has 4 heterocycles. The summed E-state index contributed by atoms with van der Waals surface area (Å²) < 4.78 is 11.7. The number of morpholine rings is 1. The van der Waals surface area contributed by atoms with Crippen LogP contribution in [0.2, 0.25) is 0 Å². The Labute approximate surface area is 183 Å². The van der Waals surface area contributed by atoms with Gasteiger partial charge in [0, 0.05) is 37.7 Å². The van der Waals surface area contributed by atoms with E-state index in [1.54, 1.807) is 4.88 Å². The summed E-state index contributed by atoms with van der Waals surface area (Å²) in [6.07, 6.45) is 8.71. The second kappa shape index (κ2) is 9.47. The van der Waals surface area contributed by atoms with Crippen molar-refractivity contribution in [2.24, 2.45) is 0 Å². The smallest absolute Gasteiger partial charge is 0.146 e. The van der Waals surface area contributed by atoms with Gasteiger partial charge in [0.15, 0.2) is 0 Å². The highest BCUT2D eigenvalue weighted by Gasteiger charge is 2.28. The van der Waals surface area contributed by atoms with Gasteiger partial charge in [-0.15, -0.1) is 11.3 Å². The zero-order valence-electron chi connectivity index (χ0n) is 18.2. The summed E-state index contributed by atoms with van der Waals surface area (Å²) in [7, 11) is 0. The zero-order chi connectivity index (χ0) is 20.3. The molecule has 2 fully saturated rings. The van der Waals surface area contributed by atoms with Crippen LogP contribution in [0.25, 0.3) is 10.2 Å². The highest BCUT2D eigenvalue weighted by Crippen LogP contribution is 2.40. The molecule has 0 N–H and O–H groups in total. The molecule has 5 rings (SSSR count). The van der Waals surface area contributed by atoms with E-state index in [1.807, 2.05) is 11.3 Å². The molecule has 1 atom stereocenters. The molecular weight excluding hydrogens is 396 g/mol. The molecule has 2 aromatic heterocycles.